The molecule has 2 heterocycles. The predicted molar refractivity (Wildman–Crippen MR) is 77.2 cm³/mol. The van der Waals surface area contributed by atoms with Gasteiger partial charge in [0, 0.05) is 24.8 Å². The molecule has 19 heavy (non-hydrogen) atoms. The van der Waals surface area contributed by atoms with E-state index >= 15 is 0 Å². The molecular formula is C14H20N2O2S. The average Bonchev–Trinajstić information content (AvgIpc) is 2.84. The summed E-state index contributed by atoms with van der Waals surface area (Å²) in [7, 11) is -2.83. The molecule has 2 N–H and O–H groups in total. The number of sulfone groups is 1. The van der Waals surface area contributed by atoms with Crippen molar-refractivity contribution in [3.8, 4) is 0 Å². The van der Waals surface area contributed by atoms with Crippen LogP contribution in [0.3, 0.4) is 0 Å². The molecule has 1 atom stereocenters. The van der Waals surface area contributed by atoms with Gasteiger partial charge in [0.15, 0.2) is 9.84 Å². The third kappa shape index (κ3) is 2.92. The van der Waals surface area contributed by atoms with Crippen molar-refractivity contribution in [2.24, 2.45) is 0 Å². The van der Waals surface area contributed by atoms with Crippen LogP contribution in [0.5, 0.6) is 0 Å². The highest BCUT2D eigenvalue weighted by molar-refractivity contribution is 7.91. The molecule has 2 aliphatic rings. The maximum absolute atomic E-state index is 11.6. The summed E-state index contributed by atoms with van der Waals surface area (Å²) >= 11 is 0. The first-order valence-corrected chi connectivity index (χ1v) is 8.75. The summed E-state index contributed by atoms with van der Waals surface area (Å²) in [5.74, 6) is 0.642. The van der Waals surface area contributed by atoms with Gasteiger partial charge in [-0.25, -0.2) is 8.42 Å². The maximum atomic E-state index is 11.6. The van der Waals surface area contributed by atoms with E-state index in [1.165, 1.54) is 16.8 Å². The lowest BCUT2D eigenvalue weighted by Gasteiger charge is -2.23. The van der Waals surface area contributed by atoms with Gasteiger partial charge in [0.1, 0.15) is 0 Å². The van der Waals surface area contributed by atoms with Crippen LogP contribution in [0.1, 0.15) is 24.0 Å². The van der Waals surface area contributed by atoms with E-state index in [1.807, 2.05) is 0 Å². The fourth-order valence-corrected chi connectivity index (χ4v) is 4.67. The third-order valence-electron chi connectivity index (χ3n) is 3.98. The fraction of sp³-hybridized carbons (Fsp3) is 0.571. The molecule has 2 aliphatic heterocycles. The molecule has 0 bridgehead atoms. The Morgan fingerprint density at radius 2 is 2.26 bits per heavy atom. The summed E-state index contributed by atoms with van der Waals surface area (Å²) in [6.45, 7) is 1.75. The van der Waals surface area contributed by atoms with Crippen molar-refractivity contribution in [2.45, 2.75) is 31.8 Å². The molecule has 4 nitrogen and oxygen atoms in total. The van der Waals surface area contributed by atoms with Crippen LogP contribution in [0.25, 0.3) is 0 Å². The number of para-hydroxylation sites is 1. The van der Waals surface area contributed by atoms with Crippen molar-refractivity contribution in [3.63, 3.8) is 0 Å². The molecule has 104 valence electrons. The van der Waals surface area contributed by atoms with Crippen LogP contribution in [-0.2, 0) is 22.8 Å². The van der Waals surface area contributed by atoms with E-state index in [-0.39, 0.29) is 11.8 Å². The zero-order valence-corrected chi connectivity index (χ0v) is 11.8. The van der Waals surface area contributed by atoms with Gasteiger partial charge in [0.2, 0.25) is 0 Å². The van der Waals surface area contributed by atoms with Gasteiger partial charge in [0.25, 0.3) is 0 Å². The van der Waals surface area contributed by atoms with Gasteiger partial charge in [0.05, 0.1) is 11.5 Å². The molecule has 0 saturated carbocycles. The van der Waals surface area contributed by atoms with Gasteiger partial charge in [-0.2, -0.15) is 0 Å². The Labute approximate surface area is 114 Å². The molecule has 3 rings (SSSR count). The van der Waals surface area contributed by atoms with Gasteiger partial charge in [-0.1, -0.05) is 18.2 Å². The average molecular weight is 280 g/mol. The van der Waals surface area contributed by atoms with Crippen LogP contribution in [0, 0.1) is 0 Å². The maximum Gasteiger partial charge on any atom is 0.151 e. The Morgan fingerprint density at radius 1 is 1.37 bits per heavy atom. The van der Waals surface area contributed by atoms with E-state index in [0.29, 0.717) is 5.75 Å². The van der Waals surface area contributed by atoms with Gasteiger partial charge in [-0.3, -0.25) is 0 Å². The third-order valence-corrected chi connectivity index (χ3v) is 5.80. The van der Waals surface area contributed by atoms with E-state index in [1.54, 1.807) is 0 Å². The first-order chi connectivity index (χ1) is 9.14. The van der Waals surface area contributed by atoms with Gasteiger partial charge in [-0.05, 0) is 30.4 Å². The van der Waals surface area contributed by atoms with Gasteiger partial charge < -0.3 is 10.6 Å². The van der Waals surface area contributed by atoms with E-state index in [4.69, 9.17) is 0 Å². The van der Waals surface area contributed by atoms with Gasteiger partial charge >= 0.3 is 0 Å². The number of hydrogen-bond acceptors (Lipinski definition) is 4. The van der Waals surface area contributed by atoms with Crippen LogP contribution < -0.4 is 10.6 Å². The van der Waals surface area contributed by atoms with Crippen LogP contribution in [0.4, 0.5) is 5.69 Å². The minimum absolute atomic E-state index is 0.107. The summed E-state index contributed by atoms with van der Waals surface area (Å²) in [6, 6.07) is 6.46. The monoisotopic (exact) mass is 280 g/mol. The predicted octanol–water partition coefficient (Wildman–Crippen LogP) is 1.32. The molecule has 0 amide bonds. The summed E-state index contributed by atoms with van der Waals surface area (Å²) in [5.41, 5.74) is 3.86. The highest BCUT2D eigenvalue weighted by Gasteiger charge is 2.24. The quantitative estimate of drug-likeness (QED) is 0.877. The lowest BCUT2D eigenvalue weighted by molar-refractivity contribution is 0.480. The first kappa shape index (κ1) is 12.9. The number of hydrogen-bond donors (Lipinski definition) is 2. The van der Waals surface area contributed by atoms with Crippen molar-refractivity contribution >= 4 is 15.5 Å². The van der Waals surface area contributed by atoms with Crippen LogP contribution in [-0.4, -0.2) is 32.5 Å². The zero-order valence-electron chi connectivity index (χ0n) is 11.0. The minimum Gasteiger partial charge on any atom is -0.384 e. The highest BCUT2D eigenvalue weighted by atomic mass is 32.2. The molecular weight excluding hydrogens is 260 g/mol. The lowest BCUT2D eigenvalue weighted by Crippen LogP contribution is -2.39. The Kier molecular flexibility index (Phi) is 3.50. The summed E-state index contributed by atoms with van der Waals surface area (Å²) in [6.07, 6.45) is 2.83. The number of rotatable bonds is 3. The highest BCUT2D eigenvalue weighted by Crippen LogP contribution is 2.26. The second-order valence-electron chi connectivity index (χ2n) is 5.46. The number of benzene rings is 1. The van der Waals surface area contributed by atoms with E-state index < -0.39 is 9.84 Å². The van der Waals surface area contributed by atoms with Crippen LogP contribution in [0.2, 0.25) is 0 Å². The normalized spacial score (nSPS) is 24.7. The largest absolute Gasteiger partial charge is 0.384 e. The summed E-state index contributed by atoms with van der Waals surface area (Å²) < 4.78 is 23.2. The van der Waals surface area contributed by atoms with Crippen molar-refractivity contribution in [3.05, 3.63) is 29.3 Å². The second-order valence-corrected chi connectivity index (χ2v) is 7.69. The number of nitrogens with one attached hydrogen (secondary N) is 2. The molecule has 0 radical (unpaired) electrons. The van der Waals surface area contributed by atoms with E-state index in [9.17, 15) is 8.42 Å². The molecule has 5 heteroatoms. The Balaban J connectivity index is 1.65. The molecule has 0 spiro atoms. The topological polar surface area (TPSA) is 58.2 Å². The van der Waals surface area contributed by atoms with Crippen LogP contribution >= 0.6 is 0 Å². The Morgan fingerprint density at radius 3 is 3.11 bits per heavy atom. The molecule has 1 saturated heterocycles. The van der Waals surface area contributed by atoms with Crippen molar-refractivity contribution in [2.75, 3.05) is 23.4 Å². The summed E-state index contributed by atoms with van der Waals surface area (Å²) in [4.78, 5) is 0. The van der Waals surface area contributed by atoms with E-state index in [0.717, 1.165) is 32.4 Å². The molecule has 1 fully saturated rings. The smallest absolute Gasteiger partial charge is 0.151 e. The Hall–Kier alpha value is -1.07. The fourth-order valence-electron chi connectivity index (χ4n) is 3.00. The zero-order chi connectivity index (χ0) is 13.3. The van der Waals surface area contributed by atoms with Crippen LogP contribution in [0.15, 0.2) is 18.2 Å². The van der Waals surface area contributed by atoms with Crippen molar-refractivity contribution in [1.82, 2.24) is 5.32 Å². The minimum atomic E-state index is -2.83. The SMILES string of the molecule is O=S1(=O)CCCC(NCc2cccc3c2NCC3)C1. The van der Waals surface area contributed by atoms with Crippen molar-refractivity contribution < 1.29 is 8.42 Å². The first-order valence-electron chi connectivity index (χ1n) is 6.92. The molecule has 0 aliphatic carbocycles. The lowest BCUT2D eigenvalue weighted by atomic mass is 10.1. The van der Waals surface area contributed by atoms with Crippen molar-refractivity contribution in [1.29, 1.82) is 0 Å². The number of fused-ring (bicyclic) bond motifs is 1. The molecule has 1 unspecified atom stereocenters. The Bertz CT molecular complexity index is 569. The van der Waals surface area contributed by atoms with E-state index in [2.05, 4.69) is 28.8 Å². The standard InChI is InChI=1S/C14H20N2O2S/c17-19(18)8-2-5-13(10-19)16-9-12-4-1-3-11-6-7-15-14(11)12/h1,3-4,13,15-16H,2,5-10H2. The number of anilines is 1. The molecule has 1 aromatic rings. The summed E-state index contributed by atoms with van der Waals surface area (Å²) in [5, 5.41) is 6.82. The molecule has 1 aromatic carbocycles. The second kappa shape index (κ2) is 5.13. The van der Waals surface area contributed by atoms with Gasteiger partial charge in [-0.15, -0.1) is 0 Å². The molecule has 0 aromatic heterocycles.